The van der Waals surface area contributed by atoms with Gasteiger partial charge in [-0.15, -0.1) is 0 Å². The number of ether oxygens (including phenoxy) is 7. The van der Waals surface area contributed by atoms with Crippen LogP contribution in [0.4, 0.5) is 0 Å². The molecule has 12 aromatic rings. The normalized spacial score (nSPS) is 23.3. The van der Waals surface area contributed by atoms with Crippen LogP contribution in [0.25, 0.3) is 66.8 Å². The lowest BCUT2D eigenvalue weighted by atomic mass is 9.76. The van der Waals surface area contributed by atoms with E-state index in [1.165, 1.54) is 122 Å². The van der Waals surface area contributed by atoms with Gasteiger partial charge < -0.3 is 33.2 Å². The van der Waals surface area contributed by atoms with E-state index in [1.807, 2.05) is 110 Å². The van der Waals surface area contributed by atoms with Crippen molar-refractivity contribution in [2.24, 2.45) is 30.0 Å². The number of nitrogens with zero attached hydrogens (tertiary/aromatic N) is 14. The van der Waals surface area contributed by atoms with Crippen molar-refractivity contribution in [3.63, 3.8) is 0 Å². The number of methoxy groups -OCH3 is 1. The lowest BCUT2D eigenvalue weighted by molar-refractivity contribution is 0.236. The molecule has 21 heteroatoms. The van der Waals surface area contributed by atoms with E-state index in [4.69, 9.17) is 63.1 Å². The number of benzene rings is 7. The molecule has 11 heterocycles. The van der Waals surface area contributed by atoms with E-state index < -0.39 is 0 Å². The Bertz CT molecular complexity index is 6050. The van der Waals surface area contributed by atoms with Crippen LogP contribution in [-0.2, 0) is 105 Å². The summed E-state index contributed by atoms with van der Waals surface area (Å²) < 4.78 is 38.9. The molecule has 6 aliphatic heterocycles. The second-order valence-electron chi connectivity index (χ2n) is 36.6. The minimum atomic E-state index is -0.0666. The van der Waals surface area contributed by atoms with Crippen LogP contribution in [0, 0.1) is 6.92 Å². The highest BCUT2D eigenvalue weighted by molar-refractivity contribution is 5.81. The fraction of sp³-hybridized carbons (Fsp3) is 0.352. The average Bonchev–Trinajstić information content (AvgIpc) is 1.52. The molecule has 21 nitrogen and oxygen atoms in total. The van der Waals surface area contributed by atoms with E-state index >= 15 is 0 Å². The molecule has 24 rings (SSSR count). The van der Waals surface area contributed by atoms with Gasteiger partial charge in [-0.3, -0.25) is 9.97 Å². The van der Waals surface area contributed by atoms with Crippen molar-refractivity contribution in [2.75, 3.05) is 46.8 Å². The van der Waals surface area contributed by atoms with Gasteiger partial charge in [-0.25, -0.2) is 59.9 Å². The first-order valence-corrected chi connectivity index (χ1v) is 45.4. The Morgan fingerprint density at radius 3 is 1.05 bits per heavy atom. The van der Waals surface area contributed by atoms with Gasteiger partial charge >= 0.3 is 6.01 Å². The third-order valence-corrected chi connectivity index (χ3v) is 27.7. The summed E-state index contributed by atoms with van der Waals surface area (Å²) in [6, 6.07) is 56.8. The van der Waals surface area contributed by atoms with Crippen LogP contribution >= 0.6 is 0 Å². The molecular formula is C108H110N14O7. The van der Waals surface area contributed by atoms with Crippen molar-refractivity contribution in [3.8, 4) is 72.8 Å². The molecule has 0 radical (unpaired) electrons. The van der Waals surface area contributed by atoms with E-state index in [2.05, 4.69) is 198 Å². The van der Waals surface area contributed by atoms with Gasteiger partial charge in [0.2, 0.25) is 0 Å². The Hall–Kier alpha value is -13.3. The van der Waals surface area contributed by atoms with Crippen LogP contribution in [0.3, 0.4) is 0 Å². The first-order chi connectivity index (χ1) is 62.9. The summed E-state index contributed by atoms with van der Waals surface area (Å²) in [6.07, 6.45) is 40.3. The number of aliphatic imine (C=N–C) groups is 6. The number of pyridine rings is 2. The quantitative estimate of drug-likeness (QED) is 0.144. The molecule has 5 aromatic heterocycles. The van der Waals surface area contributed by atoms with Gasteiger partial charge in [0.05, 0.1) is 7.11 Å². The van der Waals surface area contributed by atoms with E-state index in [1.54, 1.807) is 19.8 Å². The third-order valence-electron chi connectivity index (χ3n) is 27.7. The lowest BCUT2D eigenvalue weighted by Crippen LogP contribution is -2.35. The summed E-state index contributed by atoms with van der Waals surface area (Å²) in [5.74, 6) is 4.96. The molecule has 6 spiro atoms. The summed E-state index contributed by atoms with van der Waals surface area (Å²) in [6.45, 7) is 18.2. The minimum absolute atomic E-state index is 0.0258. The van der Waals surface area contributed by atoms with Crippen LogP contribution in [0.1, 0.15) is 152 Å². The number of fused-ring (bicyclic) bond motifs is 6. The zero-order chi connectivity index (χ0) is 88.2. The molecule has 7 aromatic carbocycles. The maximum atomic E-state index is 5.67. The number of aryl methyl sites for hydroxylation is 6. The molecule has 129 heavy (non-hydrogen) atoms. The third kappa shape index (κ3) is 18.5. The van der Waals surface area contributed by atoms with Crippen molar-refractivity contribution in [3.05, 3.63) is 305 Å². The topological polar surface area (TPSA) is 242 Å². The Kier molecular flexibility index (Phi) is 24.1. The van der Waals surface area contributed by atoms with E-state index in [0.717, 1.165) is 194 Å². The van der Waals surface area contributed by atoms with Gasteiger partial charge in [0.15, 0.2) is 35.4 Å². The Morgan fingerprint density at radius 2 is 0.620 bits per heavy atom. The van der Waals surface area contributed by atoms with Gasteiger partial charge in [-0.2, -0.15) is 0 Å². The van der Waals surface area contributed by atoms with Gasteiger partial charge in [0.1, 0.15) is 85.5 Å². The molecule has 1 unspecified atom stereocenters. The lowest BCUT2D eigenvalue weighted by Gasteiger charge is -2.32. The zero-order valence-electron chi connectivity index (χ0n) is 75.0. The molecule has 0 fully saturated rings. The highest BCUT2D eigenvalue weighted by Gasteiger charge is 2.46. The second kappa shape index (κ2) is 36.4. The maximum absolute atomic E-state index is 5.67. The Balaban J connectivity index is 0.000000101. The molecule has 0 bridgehead atoms. The van der Waals surface area contributed by atoms with Crippen molar-refractivity contribution in [2.45, 2.75) is 197 Å². The molecule has 654 valence electrons. The van der Waals surface area contributed by atoms with Crippen LogP contribution < -0.4 is 4.74 Å². The number of hydrogen-bond donors (Lipinski definition) is 0. The van der Waals surface area contributed by atoms with E-state index in [9.17, 15) is 0 Å². The largest absolute Gasteiger partial charge is 0.479 e. The molecule has 0 amide bonds. The van der Waals surface area contributed by atoms with Gasteiger partial charge in [0, 0.05) is 170 Å². The molecule has 12 aliphatic rings. The van der Waals surface area contributed by atoms with Gasteiger partial charge in [0.25, 0.3) is 0 Å². The van der Waals surface area contributed by atoms with Crippen LogP contribution in [0.15, 0.2) is 262 Å². The summed E-state index contributed by atoms with van der Waals surface area (Å²) in [5.41, 5.74) is 32.4. The summed E-state index contributed by atoms with van der Waals surface area (Å²) in [5, 5.41) is 0. The standard InChI is InChI=1S/C19H20N2O.C19H19NO.C18H19N3O2.C18H18N2O.2C17H17N3O/c1-13-7-9-20-11-18(13)16-5-3-4-15-6-8-19(10-17(15)16)12-22-14(2)21-19;1-14-20-19(13-21-14)11-10-16-8-5-9-17(18(16)12-19)15-6-3-2-4-7-15;1-12-21-18(11-23-12)7-6-16-13(8-18)4-3-5-15(16)14-9-19-17(22-2)20-10-14;1-13-20-18(12-21-13)8-7-14-4-2-6-16(17(14)10-18)15-5-3-9-19-11-15;1-12-20-17(10-21-12)5-4-13-2-3-14(6-15(13)7-17)16-8-18-11-19-9-16;1-12-20-17(10-21-12)6-5-13-3-2-4-15(16(13)7-17)14-8-18-11-19-9-14/h3-5,7,9,11H,6,8,10,12H2,1-2H3;2-9H,10-13H2,1H3;3-5,9-10H,6-8,11H2,1-2H3;2-6,9,11H,7-8,10,12H2,1H3;2-3,6,8-9,11H,4-5,7,10H2,1H3;2-4,8-9,11H,5-7,10H2,1H3/t2*19-;;18-;2*17-/m11.110/s1. The minimum Gasteiger partial charge on any atom is -0.479 e. The van der Waals surface area contributed by atoms with Crippen molar-refractivity contribution in [1.29, 1.82) is 0 Å². The number of hydrogen-bond acceptors (Lipinski definition) is 21. The SMILES string of the molecule is CC1=N[C@@]2(CCc3ccc(-c4cncnc4)cc3C2)CO1.CC1=N[C@@]2(CCc3cccc(-c4ccccc4)c3C2)CO1.CC1=N[C@@]2(CCc3cccc(-c4cccnc4)c3C2)CO1.CC1=N[C@@]2(CCc3cccc(-c4cnccc4C)c3C2)CO1.CC1=N[C@]2(CCc3cccc(-c4cncnc4)c3C2)CO1.COc1ncc(-c2cccc3c2CCC2(COC(C)=N2)C3)cn1. The van der Waals surface area contributed by atoms with Crippen molar-refractivity contribution < 1.29 is 33.2 Å². The highest BCUT2D eigenvalue weighted by atomic mass is 16.5. The van der Waals surface area contributed by atoms with E-state index in [-0.39, 0.29) is 33.2 Å². The molecular weight excluding hydrogens is 1610 g/mol. The predicted octanol–water partition coefficient (Wildman–Crippen LogP) is 19.7. The highest BCUT2D eigenvalue weighted by Crippen LogP contribution is 2.47. The first-order valence-electron chi connectivity index (χ1n) is 45.4. The monoisotopic (exact) mass is 1710 g/mol. The van der Waals surface area contributed by atoms with Crippen molar-refractivity contribution in [1.82, 2.24) is 39.9 Å². The molecule has 6 atom stereocenters. The number of aromatic nitrogens is 8. The maximum Gasteiger partial charge on any atom is 0.316 e. The van der Waals surface area contributed by atoms with Gasteiger partial charge in [-0.1, -0.05) is 146 Å². The van der Waals surface area contributed by atoms with E-state index in [0.29, 0.717) is 19.2 Å². The number of rotatable bonds is 7. The Morgan fingerprint density at radius 1 is 0.256 bits per heavy atom. The van der Waals surface area contributed by atoms with Crippen molar-refractivity contribution >= 4 is 35.4 Å². The Labute approximate surface area is 755 Å². The van der Waals surface area contributed by atoms with Crippen LogP contribution in [0.5, 0.6) is 6.01 Å². The fourth-order valence-corrected chi connectivity index (χ4v) is 21.2. The first kappa shape index (κ1) is 85.2. The molecule has 0 N–H and O–H groups in total. The van der Waals surface area contributed by atoms with Gasteiger partial charge in [-0.05, 0) is 207 Å². The van der Waals surface area contributed by atoms with Crippen LogP contribution in [0.2, 0.25) is 0 Å². The predicted molar refractivity (Wildman–Crippen MR) is 508 cm³/mol. The fourth-order valence-electron chi connectivity index (χ4n) is 21.2. The van der Waals surface area contributed by atoms with Crippen LogP contribution in [-0.4, -0.2) is 155 Å². The molecule has 6 aliphatic carbocycles. The summed E-state index contributed by atoms with van der Waals surface area (Å²) in [4.78, 5) is 62.2. The average molecular weight is 1720 g/mol. The second-order valence-corrected chi connectivity index (χ2v) is 36.6. The summed E-state index contributed by atoms with van der Waals surface area (Å²) in [7, 11) is 1.57. The summed E-state index contributed by atoms with van der Waals surface area (Å²) >= 11 is 0. The molecule has 0 saturated carbocycles. The molecule has 0 saturated heterocycles. The smallest absolute Gasteiger partial charge is 0.316 e. The zero-order valence-corrected chi connectivity index (χ0v) is 75.0.